The van der Waals surface area contributed by atoms with Crippen molar-refractivity contribution in [1.82, 2.24) is 0 Å². The number of benzene rings is 2. The molecule has 0 spiro atoms. The SMILES string of the molecule is CCOc1ccc2oc(-c3ccc(N)cc3)cc(=O)c2c1. The Hall–Kier alpha value is -2.75. The topological polar surface area (TPSA) is 65.5 Å². The maximum atomic E-state index is 12.3. The van der Waals surface area contributed by atoms with Gasteiger partial charge in [-0.05, 0) is 49.4 Å². The summed E-state index contributed by atoms with van der Waals surface area (Å²) >= 11 is 0. The van der Waals surface area contributed by atoms with Crippen LogP contribution in [-0.4, -0.2) is 6.61 Å². The summed E-state index contributed by atoms with van der Waals surface area (Å²) in [6, 6.07) is 13.9. The van der Waals surface area contributed by atoms with Crippen molar-refractivity contribution in [1.29, 1.82) is 0 Å². The molecule has 0 saturated carbocycles. The van der Waals surface area contributed by atoms with Gasteiger partial charge in [0.05, 0.1) is 12.0 Å². The van der Waals surface area contributed by atoms with E-state index in [1.165, 1.54) is 6.07 Å². The third-order valence-corrected chi connectivity index (χ3v) is 3.20. The molecule has 4 heteroatoms. The molecule has 0 unspecified atom stereocenters. The first kappa shape index (κ1) is 13.2. The molecule has 4 nitrogen and oxygen atoms in total. The monoisotopic (exact) mass is 281 g/mol. The Labute approximate surface area is 121 Å². The minimum atomic E-state index is -0.0929. The second-order valence-corrected chi connectivity index (χ2v) is 4.69. The van der Waals surface area contributed by atoms with Crippen LogP contribution < -0.4 is 15.9 Å². The molecule has 2 aromatic carbocycles. The molecule has 0 aliphatic rings. The van der Waals surface area contributed by atoms with E-state index in [1.54, 1.807) is 30.3 Å². The van der Waals surface area contributed by atoms with Crippen LogP contribution in [0.4, 0.5) is 5.69 Å². The van der Waals surface area contributed by atoms with Crippen LogP contribution >= 0.6 is 0 Å². The van der Waals surface area contributed by atoms with E-state index in [0.29, 0.717) is 34.8 Å². The van der Waals surface area contributed by atoms with Gasteiger partial charge in [0, 0.05) is 17.3 Å². The van der Waals surface area contributed by atoms with Gasteiger partial charge in [-0.1, -0.05) is 0 Å². The molecule has 0 amide bonds. The van der Waals surface area contributed by atoms with Crippen LogP contribution in [0.25, 0.3) is 22.3 Å². The molecule has 1 aromatic heterocycles. The Morgan fingerprint density at radius 2 is 1.86 bits per heavy atom. The molecule has 1 heterocycles. The zero-order valence-electron chi connectivity index (χ0n) is 11.6. The third-order valence-electron chi connectivity index (χ3n) is 3.20. The number of anilines is 1. The number of fused-ring (bicyclic) bond motifs is 1. The molecular weight excluding hydrogens is 266 g/mol. The second kappa shape index (κ2) is 5.32. The van der Waals surface area contributed by atoms with Gasteiger partial charge >= 0.3 is 0 Å². The van der Waals surface area contributed by atoms with E-state index >= 15 is 0 Å². The van der Waals surface area contributed by atoms with Crippen LogP contribution in [0.2, 0.25) is 0 Å². The van der Waals surface area contributed by atoms with Crippen molar-refractivity contribution < 1.29 is 9.15 Å². The average Bonchev–Trinajstić information content (AvgIpc) is 2.49. The molecule has 2 N–H and O–H groups in total. The van der Waals surface area contributed by atoms with Crippen LogP contribution in [0.5, 0.6) is 5.75 Å². The minimum Gasteiger partial charge on any atom is -0.494 e. The molecule has 0 atom stereocenters. The van der Waals surface area contributed by atoms with Crippen molar-refractivity contribution in [2.45, 2.75) is 6.92 Å². The summed E-state index contributed by atoms with van der Waals surface area (Å²) < 4.78 is 11.2. The number of hydrogen-bond acceptors (Lipinski definition) is 4. The van der Waals surface area contributed by atoms with Gasteiger partial charge in [-0.2, -0.15) is 0 Å². The summed E-state index contributed by atoms with van der Waals surface area (Å²) in [6.45, 7) is 2.46. The van der Waals surface area contributed by atoms with Crippen molar-refractivity contribution in [3.05, 3.63) is 58.8 Å². The summed E-state index contributed by atoms with van der Waals surface area (Å²) in [5.74, 6) is 1.19. The van der Waals surface area contributed by atoms with E-state index in [-0.39, 0.29) is 5.43 Å². The van der Waals surface area contributed by atoms with E-state index in [9.17, 15) is 4.79 Å². The lowest BCUT2D eigenvalue weighted by Gasteiger charge is -2.06. The molecule has 3 rings (SSSR count). The van der Waals surface area contributed by atoms with E-state index in [4.69, 9.17) is 14.9 Å². The predicted octanol–water partition coefficient (Wildman–Crippen LogP) is 3.44. The molecule has 0 bridgehead atoms. The van der Waals surface area contributed by atoms with Crippen molar-refractivity contribution >= 4 is 16.7 Å². The van der Waals surface area contributed by atoms with Crippen LogP contribution in [0, 0.1) is 0 Å². The highest BCUT2D eigenvalue weighted by molar-refractivity contribution is 5.80. The summed E-state index contributed by atoms with van der Waals surface area (Å²) in [5, 5.41) is 0.514. The minimum absolute atomic E-state index is 0.0929. The predicted molar refractivity (Wildman–Crippen MR) is 83.5 cm³/mol. The van der Waals surface area contributed by atoms with E-state index < -0.39 is 0 Å². The third kappa shape index (κ3) is 2.60. The molecule has 3 aromatic rings. The largest absolute Gasteiger partial charge is 0.494 e. The van der Waals surface area contributed by atoms with Gasteiger partial charge in [-0.3, -0.25) is 4.79 Å². The Balaban J connectivity index is 2.13. The van der Waals surface area contributed by atoms with Gasteiger partial charge in [0.25, 0.3) is 0 Å². The van der Waals surface area contributed by atoms with Gasteiger partial charge in [-0.15, -0.1) is 0 Å². The Bertz CT molecular complexity index is 835. The standard InChI is InChI=1S/C17H15NO3/c1-2-20-13-7-8-16-14(9-13)15(19)10-17(21-16)11-3-5-12(18)6-4-11/h3-10H,2,18H2,1H3. The average molecular weight is 281 g/mol. The highest BCUT2D eigenvalue weighted by atomic mass is 16.5. The summed E-state index contributed by atoms with van der Waals surface area (Å²) in [5.41, 5.74) is 7.60. The van der Waals surface area contributed by atoms with Gasteiger partial charge in [0.1, 0.15) is 17.1 Å². The Morgan fingerprint density at radius 1 is 1.10 bits per heavy atom. The maximum Gasteiger partial charge on any atom is 0.193 e. The molecule has 0 fully saturated rings. The molecule has 0 saturated heterocycles. The van der Waals surface area contributed by atoms with Crippen molar-refractivity contribution in [3.8, 4) is 17.1 Å². The highest BCUT2D eigenvalue weighted by Crippen LogP contribution is 2.25. The van der Waals surface area contributed by atoms with E-state index in [2.05, 4.69) is 0 Å². The van der Waals surface area contributed by atoms with Crippen LogP contribution in [0.1, 0.15) is 6.92 Å². The fraction of sp³-hybridized carbons (Fsp3) is 0.118. The zero-order valence-corrected chi connectivity index (χ0v) is 11.6. The first-order valence-corrected chi connectivity index (χ1v) is 6.74. The zero-order chi connectivity index (χ0) is 14.8. The van der Waals surface area contributed by atoms with Crippen LogP contribution in [0.3, 0.4) is 0 Å². The number of rotatable bonds is 3. The first-order chi connectivity index (χ1) is 10.2. The number of ether oxygens (including phenoxy) is 1. The van der Waals surface area contributed by atoms with Crippen molar-refractivity contribution in [2.75, 3.05) is 12.3 Å². The Morgan fingerprint density at radius 3 is 2.57 bits per heavy atom. The Kier molecular flexibility index (Phi) is 3.36. The van der Waals surface area contributed by atoms with Crippen molar-refractivity contribution in [2.24, 2.45) is 0 Å². The molecule has 0 aliphatic carbocycles. The summed E-state index contributed by atoms with van der Waals surface area (Å²) in [6.07, 6.45) is 0. The fourth-order valence-corrected chi connectivity index (χ4v) is 2.18. The second-order valence-electron chi connectivity index (χ2n) is 4.69. The highest BCUT2D eigenvalue weighted by Gasteiger charge is 2.08. The van der Waals surface area contributed by atoms with Gasteiger partial charge in [0.2, 0.25) is 0 Å². The van der Waals surface area contributed by atoms with Gasteiger partial charge in [0.15, 0.2) is 5.43 Å². The molecular formula is C17H15NO3. The lowest BCUT2D eigenvalue weighted by Crippen LogP contribution is -2.01. The number of nitrogens with two attached hydrogens (primary N) is 1. The fourth-order valence-electron chi connectivity index (χ4n) is 2.18. The van der Waals surface area contributed by atoms with E-state index in [0.717, 1.165) is 5.56 Å². The summed E-state index contributed by atoms with van der Waals surface area (Å²) in [4.78, 5) is 12.3. The number of nitrogen functional groups attached to an aromatic ring is 1. The molecule has 21 heavy (non-hydrogen) atoms. The van der Waals surface area contributed by atoms with Crippen LogP contribution in [0.15, 0.2) is 57.7 Å². The first-order valence-electron chi connectivity index (χ1n) is 6.74. The quantitative estimate of drug-likeness (QED) is 0.747. The van der Waals surface area contributed by atoms with Crippen LogP contribution in [-0.2, 0) is 0 Å². The normalized spacial score (nSPS) is 10.7. The number of hydrogen-bond donors (Lipinski definition) is 1. The van der Waals surface area contributed by atoms with E-state index in [1.807, 2.05) is 19.1 Å². The molecule has 0 radical (unpaired) electrons. The summed E-state index contributed by atoms with van der Waals surface area (Å²) in [7, 11) is 0. The smallest absolute Gasteiger partial charge is 0.193 e. The van der Waals surface area contributed by atoms with Gasteiger partial charge in [-0.25, -0.2) is 0 Å². The van der Waals surface area contributed by atoms with Gasteiger partial charge < -0.3 is 14.9 Å². The lowest BCUT2D eigenvalue weighted by molar-refractivity contribution is 0.340. The van der Waals surface area contributed by atoms with Crippen molar-refractivity contribution in [3.63, 3.8) is 0 Å². The maximum absolute atomic E-state index is 12.3. The molecule has 106 valence electrons. The lowest BCUT2D eigenvalue weighted by atomic mass is 10.1. The molecule has 0 aliphatic heterocycles.